The van der Waals surface area contributed by atoms with Gasteiger partial charge in [-0.15, -0.1) is 0 Å². The minimum atomic E-state index is 0.232. The van der Waals surface area contributed by atoms with E-state index in [-0.39, 0.29) is 5.91 Å². The Hall–Kier alpha value is -1.40. The zero-order valence-electron chi connectivity index (χ0n) is 22.5. The number of hydrogen-bond donors (Lipinski definition) is 0. The monoisotopic (exact) mass is 449 g/mol. The molecule has 0 bridgehead atoms. The number of piperidine rings is 1. The van der Waals surface area contributed by atoms with E-state index in [1.807, 2.05) is 52.3 Å². The lowest BCUT2D eigenvalue weighted by Crippen LogP contribution is -2.62. The Morgan fingerprint density at radius 2 is 1.56 bits per heavy atom. The van der Waals surface area contributed by atoms with Crippen molar-refractivity contribution in [3.8, 4) is 0 Å². The van der Waals surface area contributed by atoms with Crippen LogP contribution in [-0.4, -0.2) is 81.2 Å². The van der Waals surface area contributed by atoms with Gasteiger partial charge in [-0.2, -0.15) is 5.10 Å². The van der Waals surface area contributed by atoms with Crippen LogP contribution in [0.25, 0.3) is 0 Å². The molecule has 6 nitrogen and oxygen atoms in total. The molecule has 3 aliphatic rings. The first-order valence-electron chi connectivity index (χ1n) is 13.2. The molecule has 2 saturated heterocycles. The number of likely N-dealkylation sites (tertiary alicyclic amines) is 2. The van der Waals surface area contributed by atoms with E-state index in [1.54, 1.807) is 6.20 Å². The molecule has 0 aliphatic carbocycles. The van der Waals surface area contributed by atoms with Crippen molar-refractivity contribution >= 4 is 5.91 Å². The van der Waals surface area contributed by atoms with Crippen LogP contribution in [0, 0.1) is 5.92 Å². The van der Waals surface area contributed by atoms with Crippen molar-refractivity contribution in [3.63, 3.8) is 0 Å². The second-order valence-electron chi connectivity index (χ2n) is 9.29. The molecule has 1 aromatic heterocycles. The average molecular weight is 450 g/mol. The van der Waals surface area contributed by atoms with E-state index >= 15 is 0 Å². The predicted molar refractivity (Wildman–Crippen MR) is 136 cm³/mol. The van der Waals surface area contributed by atoms with E-state index in [2.05, 4.69) is 40.6 Å². The highest BCUT2D eigenvalue weighted by Gasteiger charge is 2.37. The minimum Gasteiger partial charge on any atom is -0.335 e. The fraction of sp³-hybridized carbons (Fsp3) is 0.846. The van der Waals surface area contributed by atoms with Crippen LogP contribution in [0.15, 0.2) is 12.3 Å². The second kappa shape index (κ2) is 14.0. The number of carbonyl (C=O) groups excluding carboxylic acids is 1. The van der Waals surface area contributed by atoms with Gasteiger partial charge in [-0.3, -0.25) is 19.3 Å². The Kier molecular flexibility index (Phi) is 12.5. The molecule has 0 unspecified atom stereocenters. The normalized spacial score (nSPS) is 20.4. The van der Waals surface area contributed by atoms with Crippen LogP contribution in [0.4, 0.5) is 0 Å². The number of carbonyl (C=O) groups is 1. The zero-order chi connectivity index (χ0) is 24.3. The molecule has 0 N–H and O–H groups in total. The third-order valence-corrected chi connectivity index (χ3v) is 6.48. The molecule has 1 aromatic rings. The molecule has 3 aliphatic heterocycles. The van der Waals surface area contributed by atoms with Crippen LogP contribution in [0.3, 0.4) is 0 Å². The minimum absolute atomic E-state index is 0.232. The van der Waals surface area contributed by atoms with Crippen molar-refractivity contribution in [2.24, 2.45) is 5.92 Å². The van der Waals surface area contributed by atoms with Gasteiger partial charge in [0.05, 0.1) is 6.04 Å². The van der Waals surface area contributed by atoms with Gasteiger partial charge < -0.3 is 4.90 Å². The number of aromatic nitrogens is 2. The first-order valence-corrected chi connectivity index (χ1v) is 13.2. The fourth-order valence-electron chi connectivity index (χ4n) is 4.72. The first-order chi connectivity index (χ1) is 15.4. The van der Waals surface area contributed by atoms with Crippen LogP contribution >= 0.6 is 0 Å². The van der Waals surface area contributed by atoms with Crippen molar-refractivity contribution in [1.29, 1.82) is 0 Å². The maximum absolute atomic E-state index is 12.6. The molecule has 0 saturated carbocycles. The molecule has 0 spiro atoms. The van der Waals surface area contributed by atoms with E-state index in [0.29, 0.717) is 18.1 Å². The third-order valence-electron chi connectivity index (χ3n) is 6.48. The number of amides is 1. The summed E-state index contributed by atoms with van der Waals surface area (Å²) in [4.78, 5) is 19.8. The quantitative estimate of drug-likeness (QED) is 0.679. The molecular weight excluding hydrogens is 398 g/mol. The van der Waals surface area contributed by atoms with Gasteiger partial charge >= 0.3 is 0 Å². The molecule has 2 fully saturated rings. The number of rotatable bonds is 3. The summed E-state index contributed by atoms with van der Waals surface area (Å²) in [6.45, 7) is 26.0. The molecule has 4 heterocycles. The smallest absolute Gasteiger partial charge is 0.244 e. The summed E-state index contributed by atoms with van der Waals surface area (Å²) in [5.74, 6) is 1.05. The topological polar surface area (TPSA) is 44.6 Å². The average Bonchev–Trinajstić information content (AvgIpc) is 3.16. The highest BCUT2D eigenvalue weighted by molar-refractivity contribution is 5.77. The SMILES string of the molecule is CC.CC.CC.CC(C)(C)N1CCC(CN2CC(N3CCc4ccnn4CC3=O)C2)CC1. The van der Waals surface area contributed by atoms with E-state index in [9.17, 15) is 4.79 Å². The predicted octanol–water partition coefficient (Wildman–Crippen LogP) is 4.54. The maximum atomic E-state index is 12.6. The third kappa shape index (κ3) is 7.58. The van der Waals surface area contributed by atoms with E-state index in [0.717, 1.165) is 32.0 Å². The summed E-state index contributed by atoms with van der Waals surface area (Å²) in [5.41, 5.74) is 1.48. The molecule has 0 aromatic carbocycles. The van der Waals surface area contributed by atoms with Crippen molar-refractivity contribution < 1.29 is 4.79 Å². The van der Waals surface area contributed by atoms with Crippen LogP contribution in [0.5, 0.6) is 0 Å². The van der Waals surface area contributed by atoms with Gasteiger partial charge in [0.1, 0.15) is 6.54 Å². The number of nitrogens with zero attached hydrogens (tertiary/aromatic N) is 5. The van der Waals surface area contributed by atoms with E-state index in [1.165, 1.54) is 38.2 Å². The highest BCUT2D eigenvalue weighted by atomic mass is 16.2. The van der Waals surface area contributed by atoms with E-state index in [4.69, 9.17) is 0 Å². The lowest BCUT2D eigenvalue weighted by Gasteiger charge is -2.48. The molecule has 32 heavy (non-hydrogen) atoms. The Labute approximate surface area is 198 Å². The maximum Gasteiger partial charge on any atom is 0.244 e. The Morgan fingerprint density at radius 1 is 0.969 bits per heavy atom. The second-order valence-corrected chi connectivity index (χ2v) is 9.29. The standard InChI is InChI=1S/C20H33N5O.3C2H6/c1-20(2,3)23-9-5-16(6-10-23)12-22-13-18(14-22)24-11-7-17-4-8-21-25(17)15-19(24)26;3*1-2/h4,8,16,18H,5-7,9-15H2,1-3H3;3*1-2H3. The van der Waals surface area contributed by atoms with Gasteiger partial charge in [0.15, 0.2) is 0 Å². The molecule has 0 radical (unpaired) electrons. The number of fused-ring (bicyclic) bond motifs is 1. The van der Waals surface area contributed by atoms with Crippen LogP contribution in [-0.2, 0) is 17.8 Å². The Bertz CT molecular complexity index is 637. The molecular formula is C26H51N5O. The summed E-state index contributed by atoms with van der Waals surface area (Å²) in [6.07, 6.45) is 5.34. The molecule has 4 rings (SSSR count). The van der Waals surface area contributed by atoms with Gasteiger partial charge in [0, 0.05) is 50.0 Å². The fourth-order valence-corrected chi connectivity index (χ4v) is 4.72. The van der Waals surface area contributed by atoms with Crippen molar-refractivity contribution in [2.75, 3.05) is 39.3 Å². The summed E-state index contributed by atoms with van der Waals surface area (Å²) in [6, 6.07) is 2.44. The molecule has 6 heteroatoms. The first kappa shape index (κ1) is 28.6. The van der Waals surface area contributed by atoms with Crippen molar-refractivity contribution in [1.82, 2.24) is 24.5 Å². The molecule has 1 amide bonds. The van der Waals surface area contributed by atoms with E-state index < -0.39 is 0 Å². The summed E-state index contributed by atoms with van der Waals surface area (Å²) in [5, 5.41) is 4.28. The van der Waals surface area contributed by atoms with Gasteiger partial charge in [-0.05, 0) is 58.7 Å². The lowest BCUT2D eigenvalue weighted by atomic mass is 9.91. The summed E-state index contributed by atoms with van der Waals surface area (Å²) >= 11 is 0. The Morgan fingerprint density at radius 3 is 2.12 bits per heavy atom. The lowest BCUT2D eigenvalue weighted by molar-refractivity contribution is -0.137. The van der Waals surface area contributed by atoms with Crippen molar-refractivity contribution in [2.45, 2.75) is 99.7 Å². The zero-order valence-corrected chi connectivity index (χ0v) is 22.5. The molecule has 186 valence electrons. The van der Waals surface area contributed by atoms with Gasteiger partial charge in [-0.1, -0.05) is 41.5 Å². The van der Waals surface area contributed by atoms with Gasteiger partial charge in [0.2, 0.25) is 5.91 Å². The van der Waals surface area contributed by atoms with Crippen LogP contribution < -0.4 is 0 Å². The number of hydrogen-bond acceptors (Lipinski definition) is 4. The summed E-state index contributed by atoms with van der Waals surface area (Å²) in [7, 11) is 0. The van der Waals surface area contributed by atoms with Crippen LogP contribution in [0.1, 0.15) is 80.8 Å². The molecule has 0 atom stereocenters. The van der Waals surface area contributed by atoms with Crippen LogP contribution in [0.2, 0.25) is 0 Å². The van der Waals surface area contributed by atoms with Gasteiger partial charge in [0.25, 0.3) is 0 Å². The highest BCUT2D eigenvalue weighted by Crippen LogP contribution is 2.27. The Balaban J connectivity index is 0.000000789. The van der Waals surface area contributed by atoms with Crippen molar-refractivity contribution in [3.05, 3.63) is 18.0 Å². The van der Waals surface area contributed by atoms with Gasteiger partial charge in [-0.25, -0.2) is 0 Å². The summed E-state index contributed by atoms with van der Waals surface area (Å²) < 4.78 is 1.86. The largest absolute Gasteiger partial charge is 0.335 e.